The number of halogens is 1. The second-order valence-electron chi connectivity index (χ2n) is 5.36. The summed E-state index contributed by atoms with van der Waals surface area (Å²) in [5, 5.41) is 0. The van der Waals surface area contributed by atoms with E-state index < -0.39 is 0 Å². The lowest BCUT2D eigenvalue weighted by Gasteiger charge is -2.21. The Morgan fingerprint density at radius 2 is 1.60 bits per heavy atom. The number of hydrazine groups is 1. The van der Waals surface area contributed by atoms with Crippen molar-refractivity contribution in [1.29, 1.82) is 0 Å². The Balaban J connectivity index is 2.31. The van der Waals surface area contributed by atoms with E-state index in [0.717, 1.165) is 10.9 Å². The molecule has 0 saturated heterocycles. The summed E-state index contributed by atoms with van der Waals surface area (Å²) >= 11 is 3.46. The average molecular weight is 333 g/mol. The van der Waals surface area contributed by atoms with Crippen molar-refractivity contribution >= 4 is 15.9 Å². The van der Waals surface area contributed by atoms with Crippen LogP contribution in [0.15, 0.2) is 40.9 Å². The molecule has 20 heavy (non-hydrogen) atoms. The molecule has 0 aromatic heterocycles. The molecule has 0 radical (unpaired) electrons. The van der Waals surface area contributed by atoms with Crippen LogP contribution in [-0.4, -0.2) is 0 Å². The fraction of sp³-hybridized carbons (Fsp3) is 0.294. The number of benzene rings is 2. The number of nitrogens with two attached hydrogens (primary N) is 1. The molecular formula is C17H21BrN2. The fourth-order valence-corrected chi connectivity index (χ4v) is 3.11. The Bertz CT molecular complexity index is 567. The van der Waals surface area contributed by atoms with E-state index in [1.165, 1.54) is 27.8 Å². The van der Waals surface area contributed by atoms with Crippen LogP contribution >= 0.6 is 15.9 Å². The highest BCUT2D eigenvalue weighted by atomic mass is 79.9. The molecule has 0 fully saturated rings. The van der Waals surface area contributed by atoms with Gasteiger partial charge in [-0.3, -0.25) is 11.3 Å². The van der Waals surface area contributed by atoms with Crippen LogP contribution in [0.3, 0.4) is 0 Å². The van der Waals surface area contributed by atoms with E-state index in [-0.39, 0.29) is 6.04 Å². The zero-order valence-electron chi connectivity index (χ0n) is 12.2. The monoisotopic (exact) mass is 332 g/mol. The lowest BCUT2D eigenvalue weighted by atomic mass is 9.91. The number of nitrogens with one attached hydrogen (secondary N) is 1. The Kier molecular flexibility index (Phi) is 4.97. The number of hydrogen-bond acceptors (Lipinski definition) is 2. The molecule has 3 heteroatoms. The van der Waals surface area contributed by atoms with Crippen molar-refractivity contribution in [2.24, 2.45) is 5.84 Å². The van der Waals surface area contributed by atoms with Crippen molar-refractivity contribution in [3.05, 3.63) is 68.7 Å². The minimum absolute atomic E-state index is 0.136. The topological polar surface area (TPSA) is 38.0 Å². The molecule has 0 spiro atoms. The average Bonchev–Trinajstić information content (AvgIpc) is 2.38. The maximum atomic E-state index is 5.80. The van der Waals surface area contributed by atoms with E-state index in [1.807, 2.05) is 0 Å². The predicted octanol–water partition coefficient (Wildman–Crippen LogP) is 4.12. The van der Waals surface area contributed by atoms with Gasteiger partial charge >= 0.3 is 0 Å². The van der Waals surface area contributed by atoms with Crippen LogP contribution in [0.1, 0.15) is 33.9 Å². The molecule has 2 aromatic rings. The van der Waals surface area contributed by atoms with Crippen LogP contribution in [0, 0.1) is 20.8 Å². The van der Waals surface area contributed by atoms with Crippen molar-refractivity contribution in [2.75, 3.05) is 0 Å². The molecule has 0 heterocycles. The minimum atomic E-state index is 0.136. The van der Waals surface area contributed by atoms with Gasteiger partial charge in [-0.25, -0.2) is 0 Å². The van der Waals surface area contributed by atoms with Crippen LogP contribution < -0.4 is 11.3 Å². The summed E-state index contributed by atoms with van der Waals surface area (Å²) < 4.78 is 1.10. The van der Waals surface area contributed by atoms with Crippen LogP contribution in [0.5, 0.6) is 0 Å². The van der Waals surface area contributed by atoms with Crippen LogP contribution in [0.2, 0.25) is 0 Å². The molecule has 1 unspecified atom stereocenters. The molecule has 106 valence electrons. The van der Waals surface area contributed by atoms with E-state index in [9.17, 15) is 0 Å². The number of rotatable bonds is 4. The highest BCUT2D eigenvalue weighted by Crippen LogP contribution is 2.26. The molecule has 0 aliphatic heterocycles. The first-order chi connectivity index (χ1) is 9.51. The van der Waals surface area contributed by atoms with E-state index in [4.69, 9.17) is 5.84 Å². The molecule has 0 saturated carbocycles. The van der Waals surface area contributed by atoms with Gasteiger partial charge in [0.2, 0.25) is 0 Å². The minimum Gasteiger partial charge on any atom is -0.271 e. The highest BCUT2D eigenvalue weighted by molar-refractivity contribution is 9.10. The molecule has 2 rings (SSSR count). The van der Waals surface area contributed by atoms with Crippen molar-refractivity contribution < 1.29 is 0 Å². The molecule has 0 aliphatic rings. The Labute approximate surface area is 129 Å². The molecule has 0 amide bonds. The molecular weight excluding hydrogens is 312 g/mol. The quantitative estimate of drug-likeness (QED) is 0.652. The third-order valence-corrected chi connectivity index (χ3v) is 4.17. The molecule has 2 nitrogen and oxygen atoms in total. The second kappa shape index (κ2) is 6.53. The van der Waals surface area contributed by atoms with Gasteiger partial charge in [-0.1, -0.05) is 45.8 Å². The summed E-state index contributed by atoms with van der Waals surface area (Å²) in [6.07, 6.45) is 0.883. The third kappa shape index (κ3) is 3.48. The Morgan fingerprint density at radius 1 is 1.05 bits per heavy atom. The smallest absolute Gasteiger partial charge is 0.0505 e. The summed E-state index contributed by atoms with van der Waals surface area (Å²) in [5.41, 5.74) is 9.43. The van der Waals surface area contributed by atoms with E-state index in [2.05, 4.69) is 78.5 Å². The summed E-state index contributed by atoms with van der Waals surface area (Å²) in [5.74, 6) is 5.80. The summed E-state index contributed by atoms with van der Waals surface area (Å²) in [4.78, 5) is 0. The van der Waals surface area contributed by atoms with Crippen LogP contribution in [0.25, 0.3) is 0 Å². The summed E-state index contributed by atoms with van der Waals surface area (Å²) in [6, 6.07) is 13.0. The maximum absolute atomic E-state index is 5.80. The number of hydrogen-bond donors (Lipinski definition) is 2. The van der Waals surface area contributed by atoms with Crippen molar-refractivity contribution in [3.8, 4) is 0 Å². The first kappa shape index (κ1) is 15.2. The van der Waals surface area contributed by atoms with Crippen LogP contribution in [-0.2, 0) is 6.42 Å². The lowest BCUT2D eigenvalue weighted by molar-refractivity contribution is 0.546. The maximum Gasteiger partial charge on any atom is 0.0505 e. The Hall–Kier alpha value is -1.16. The molecule has 3 N–H and O–H groups in total. The van der Waals surface area contributed by atoms with Crippen molar-refractivity contribution in [3.63, 3.8) is 0 Å². The summed E-state index contributed by atoms with van der Waals surface area (Å²) in [6.45, 7) is 6.44. The van der Waals surface area contributed by atoms with E-state index in [1.54, 1.807) is 0 Å². The highest BCUT2D eigenvalue weighted by Gasteiger charge is 2.15. The van der Waals surface area contributed by atoms with Gasteiger partial charge in [0.15, 0.2) is 0 Å². The first-order valence-electron chi connectivity index (χ1n) is 6.79. The third-order valence-electron chi connectivity index (χ3n) is 3.64. The first-order valence-corrected chi connectivity index (χ1v) is 7.59. The molecule has 0 bridgehead atoms. The molecule has 1 atom stereocenters. The second-order valence-corrected chi connectivity index (χ2v) is 6.28. The summed E-state index contributed by atoms with van der Waals surface area (Å²) in [7, 11) is 0. The van der Waals surface area contributed by atoms with Gasteiger partial charge in [0.05, 0.1) is 6.04 Å². The zero-order chi connectivity index (χ0) is 14.7. The normalized spacial score (nSPS) is 12.4. The fourth-order valence-electron chi connectivity index (χ4n) is 2.84. The predicted molar refractivity (Wildman–Crippen MR) is 88.6 cm³/mol. The Morgan fingerprint density at radius 3 is 2.10 bits per heavy atom. The van der Waals surface area contributed by atoms with Crippen LogP contribution in [0.4, 0.5) is 0 Å². The standard InChI is InChI=1S/C17H21BrN2/c1-11-8-12(2)17(13(3)9-11)16(20-19)10-14-4-6-15(18)7-5-14/h4-9,16,20H,10,19H2,1-3H3. The van der Waals surface area contributed by atoms with Crippen molar-refractivity contribution in [1.82, 2.24) is 5.43 Å². The molecule has 2 aromatic carbocycles. The van der Waals surface area contributed by atoms with E-state index >= 15 is 0 Å². The van der Waals surface area contributed by atoms with Gasteiger partial charge in [-0.15, -0.1) is 0 Å². The van der Waals surface area contributed by atoms with Gasteiger partial charge in [0, 0.05) is 4.47 Å². The van der Waals surface area contributed by atoms with Gasteiger partial charge in [0.25, 0.3) is 0 Å². The van der Waals surface area contributed by atoms with Gasteiger partial charge in [-0.05, 0) is 61.6 Å². The van der Waals surface area contributed by atoms with Gasteiger partial charge in [0.1, 0.15) is 0 Å². The van der Waals surface area contributed by atoms with Gasteiger partial charge < -0.3 is 0 Å². The zero-order valence-corrected chi connectivity index (χ0v) is 13.8. The molecule has 0 aliphatic carbocycles. The largest absolute Gasteiger partial charge is 0.271 e. The lowest BCUT2D eigenvalue weighted by Crippen LogP contribution is -2.30. The SMILES string of the molecule is Cc1cc(C)c(C(Cc2ccc(Br)cc2)NN)c(C)c1. The van der Waals surface area contributed by atoms with Gasteiger partial charge in [-0.2, -0.15) is 0 Å². The van der Waals surface area contributed by atoms with E-state index in [0.29, 0.717) is 0 Å². The number of aryl methyl sites for hydroxylation is 3. The van der Waals surface area contributed by atoms with Crippen molar-refractivity contribution in [2.45, 2.75) is 33.2 Å².